The molecule has 1 heterocycles. The Morgan fingerprint density at radius 3 is 2.17 bits per heavy atom. The normalized spacial score (nSPS) is 20.0. The number of anilines is 1. The molecule has 24 heavy (non-hydrogen) atoms. The van der Waals surface area contributed by atoms with Crippen LogP contribution in [0.15, 0.2) is 28.7 Å². The Morgan fingerprint density at radius 2 is 1.54 bits per heavy atom. The predicted molar refractivity (Wildman–Crippen MR) is 98.7 cm³/mol. The molecule has 2 aliphatic rings. The molecule has 1 aliphatic carbocycles. The van der Waals surface area contributed by atoms with Crippen LogP contribution in [0.5, 0.6) is 0 Å². The highest BCUT2D eigenvalue weighted by atomic mass is 79.9. The highest BCUT2D eigenvalue weighted by Crippen LogP contribution is 2.28. The van der Waals surface area contributed by atoms with E-state index in [0.717, 1.165) is 35.8 Å². The van der Waals surface area contributed by atoms with Crippen LogP contribution in [0.2, 0.25) is 0 Å². The highest BCUT2D eigenvalue weighted by molar-refractivity contribution is 9.10. The lowest BCUT2D eigenvalue weighted by atomic mass is 9.87. The molecular formula is C19H25BrN2O2. The van der Waals surface area contributed by atoms with Gasteiger partial charge in [0.05, 0.1) is 0 Å². The fraction of sp³-hybridized carbons (Fsp3) is 0.579. The lowest BCUT2D eigenvalue weighted by molar-refractivity contribution is -0.139. The first-order valence-corrected chi connectivity index (χ1v) is 9.78. The lowest BCUT2D eigenvalue weighted by Crippen LogP contribution is -2.44. The van der Waals surface area contributed by atoms with Crippen molar-refractivity contribution in [2.45, 2.75) is 44.9 Å². The number of nitrogens with one attached hydrogen (secondary N) is 1. The molecule has 1 saturated carbocycles. The van der Waals surface area contributed by atoms with E-state index in [-0.39, 0.29) is 17.7 Å². The van der Waals surface area contributed by atoms with E-state index in [9.17, 15) is 9.59 Å². The third-order valence-electron chi connectivity index (χ3n) is 5.24. The first kappa shape index (κ1) is 17.5. The standard InChI is InChI=1S/C19H25BrN2O2/c20-16-6-8-17(9-7-16)21-18(23)14-10-12-22(13-11-14)19(24)15-4-2-1-3-5-15/h6-9,14-15H,1-5,10-13H2,(H,21,23). The molecule has 0 spiro atoms. The smallest absolute Gasteiger partial charge is 0.227 e. The Labute approximate surface area is 152 Å². The molecule has 5 heteroatoms. The van der Waals surface area contributed by atoms with Crippen LogP contribution in [0, 0.1) is 11.8 Å². The molecule has 0 unspecified atom stereocenters. The van der Waals surface area contributed by atoms with E-state index >= 15 is 0 Å². The van der Waals surface area contributed by atoms with Gasteiger partial charge in [-0.25, -0.2) is 0 Å². The van der Waals surface area contributed by atoms with E-state index in [1.165, 1.54) is 19.3 Å². The molecule has 130 valence electrons. The van der Waals surface area contributed by atoms with Gasteiger partial charge in [-0.1, -0.05) is 35.2 Å². The zero-order chi connectivity index (χ0) is 16.9. The lowest BCUT2D eigenvalue weighted by Gasteiger charge is -2.34. The maximum atomic E-state index is 12.6. The summed E-state index contributed by atoms with van der Waals surface area (Å²) in [5.74, 6) is 0.625. The fourth-order valence-electron chi connectivity index (χ4n) is 3.75. The van der Waals surface area contributed by atoms with Crippen molar-refractivity contribution in [1.82, 2.24) is 4.90 Å². The van der Waals surface area contributed by atoms with E-state index in [2.05, 4.69) is 21.2 Å². The quantitative estimate of drug-likeness (QED) is 0.837. The van der Waals surface area contributed by atoms with Gasteiger partial charge in [0.1, 0.15) is 0 Å². The molecule has 0 bridgehead atoms. The SMILES string of the molecule is O=C(Nc1ccc(Br)cc1)C1CCN(C(=O)C2CCCCC2)CC1. The minimum absolute atomic E-state index is 0.00375. The van der Waals surface area contributed by atoms with Gasteiger partial charge >= 0.3 is 0 Å². The fourth-order valence-corrected chi connectivity index (χ4v) is 4.01. The highest BCUT2D eigenvalue weighted by Gasteiger charge is 2.31. The maximum Gasteiger partial charge on any atom is 0.227 e. The molecule has 1 aromatic carbocycles. The summed E-state index contributed by atoms with van der Waals surface area (Å²) in [6.07, 6.45) is 7.25. The summed E-state index contributed by atoms with van der Waals surface area (Å²) in [5.41, 5.74) is 0.823. The van der Waals surface area contributed by atoms with Gasteiger partial charge in [-0.2, -0.15) is 0 Å². The minimum Gasteiger partial charge on any atom is -0.342 e. The number of amides is 2. The van der Waals surface area contributed by atoms with Crippen molar-refractivity contribution in [3.63, 3.8) is 0 Å². The largest absolute Gasteiger partial charge is 0.342 e. The maximum absolute atomic E-state index is 12.6. The monoisotopic (exact) mass is 392 g/mol. The second-order valence-electron chi connectivity index (χ2n) is 6.93. The summed E-state index contributed by atoms with van der Waals surface area (Å²) < 4.78 is 0.995. The van der Waals surface area contributed by atoms with Gasteiger partial charge in [0, 0.05) is 35.1 Å². The van der Waals surface area contributed by atoms with Gasteiger partial charge < -0.3 is 10.2 Å². The topological polar surface area (TPSA) is 49.4 Å². The number of benzene rings is 1. The van der Waals surface area contributed by atoms with Crippen LogP contribution in [0.1, 0.15) is 44.9 Å². The Hall–Kier alpha value is -1.36. The third kappa shape index (κ3) is 4.38. The van der Waals surface area contributed by atoms with Crippen molar-refractivity contribution in [3.8, 4) is 0 Å². The van der Waals surface area contributed by atoms with E-state index in [1.807, 2.05) is 29.2 Å². The molecule has 1 N–H and O–H groups in total. The molecule has 0 atom stereocenters. The second kappa shape index (κ2) is 8.15. The van der Waals surface area contributed by atoms with Gasteiger partial charge in [-0.3, -0.25) is 9.59 Å². The van der Waals surface area contributed by atoms with Crippen LogP contribution >= 0.6 is 15.9 Å². The molecule has 0 radical (unpaired) electrons. The summed E-state index contributed by atoms with van der Waals surface area (Å²) in [4.78, 5) is 27.0. The van der Waals surface area contributed by atoms with Crippen LogP contribution in [0.4, 0.5) is 5.69 Å². The molecule has 4 nitrogen and oxygen atoms in total. The van der Waals surface area contributed by atoms with E-state index in [0.29, 0.717) is 19.0 Å². The zero-order valence-corrected chi connectivity index (χ0v) is 15.6. The first-order chi connectivity index (χ1) is 11.6. The number of hydrogen-bond donors (Lipinski definition) is 1. The summed E-state index contributed by atoms with van der Waals surface area (Å²) in [5, 5.41) is 2.98. The number of carbonyl (C=O) groups is 2. The van der Waals surface area contributed by atoms with Crippen molar-refractivity contribution in [3.05, 3.63) is 28.7 Å². The van der Waals surface area contributed by atoms with E-state index in [4.69, 9.17) is 0 Å². The van der Waals surface area contributed by atoms with Gasteiger partial charge in [0.25, 0.3) is 0 Å². The van der Waals surface area contributed by atoms with Crippen molar-refractivity contribution in [2.75, 3.05) is 18.4 Å². The van der Waals surface area contributed by atoms with Gasteiger partial charge in [0.2, 0.25) is 11.8 Å². The average Bonchev–Trinajstić information content (AvgIpc) is 2.64. The molecule has 1 saturated heterocycles. The minimum atomic E-state index is 0.00375. The van der Waals surface area contributed by atoms with E-state index < -0.39 is 0 Å². The average molecular weight is 393 g/mol. The predicted octanol–water partition coefficient (Wildman–Crippen LogP) is 4.21. The van der Waals surface area contributed by atoms with Crippen LogP contribution in [0.25, 0.3) is 0 Å². The summed E-state index contributed by atoms with van der Waals surface area (Å²) >= 11 is 3.39. The summed E-state index contributed by atoms with van der Waals surface area (Å²) in [6, 6.07) is 7.62. The zero-order valence-electron chi connectivity index (χ0n) is 14.0. The summed E-state index contributed by atoms with van der Waals surface area (Å²) in [6.45, 7) is 1.43. The molecular weight excluding hydrogens is 368 g/mol. The van der Waals surface area contributed by atoms with E-state index in [1.54, 1.807) is 0 Å². The molecule has 3 rings (SSSR count). The number of carbonyl (C=O) groups excluding carboxylic acids is 2. The summed E-state index contributed by atoms with van der Waals surface area (Å²) in [7, 11) is 0. The molecule has 2 amide bonds. The number of halogens is 1. The number of nitrogens with zero attached hydrogens (tertiary/aromatic N) is 1. The van der Waals surface area contributed by atoms with Crippen molar-refractivity contribution in [1.29, 1.82) is 0 Å². The Bertz CT molecular complexity index is 574. The van der Waals surface area contributed by atoms with Gasteiger partial charge in [-0.05, 0) is 49.9 Å². The number of hydrogen-bond acceptors (Lipinski definition) is 2. The van der Waals surface area contributed by atoms with Gasteiger partial charge in [0.15, 0.2) is 0 Å². The number of piperidine rings is 1. The number of rotatable bonds is 3. The van der Waals surface area contributed by atoms with Crippen LogP contribution in [-0.2, 0) is 9.59 Å². The van der Waals surface area contributed by atoms with Crippen LogP contribution in [0.3, 0.4) is 0 Å². The van der Waals surface area contributed by atoms with Gasteiger partial charge in [-0.15, -0.1) is 0 Å². The Morgan fingerprint density at radius 1 is 0.917 bits per heavy atom. The van der Waals surface area contributed by atoms with Crippen molar-refractivity contribution in [2.24, 2.45) is 11.8 Å². The van der Waals surface area contributed by atoms with Crippen LogP contribution in [-0.4, -0.2) is 29.8 Å². The number of likely N-dealkylation sites (tertiary alicyclic amines) is 1. The Kier molecular flexibility index (Phi) is 5.93. The molecule has 0 aromatic heterocycles. The third-order valence-corrected chi connectivity index (χ3v) is 5.77. The Balaban J connectivity index is 1.48. The van der Waals surface area contributed by atoms with Crippen molar-refractivity contribution >= 4 is 33.4 Å². The molecule has 2 fully saturated rings. The molecule has 1 aromatic rings. The molecule has 1 aliphatic heterocycles. The second-order valence-corrected chi connectivity index (χ2v) is 7.85. The van der Waals surface area contributed by atoms with Crippen molar-refractivity contribution < 1.29 is 9.59 Å². The first-order valence-electron chi connectivity index (χ1n) is 8.99. The van der Waals surface area contributed by atoms with Crippen LogP contribution < -0.4 is 5.32 Å².